The zero-order valence-corrected chi connectivity index (χ0v) is 16.0. The topological polar surface area (TPSA) is 84.2 Å². The van der Waals surface area contributed by atoms with Crippen LogP contribution in [0.25, 0.3) is 21.6 Å². The molecule has 4 aromatic rings. The van der Waals surface area contributed by atoms with Crippen LogP contribution < -0.4 is 10.2 Å². The lowest BCUT2D eigenvalue weighted by Gasteiger charge is -2.37. The summed E-state index contributed by atoms with van der Waals surface area (Å²) in [7, 11) is 0. The lowest BCUT2D eigenvalue weighted by Crippen LogP contribution is -2.53. The van der Waals surface area contributed by atoms with E-state index in [1.807, 2.05) is 35.2 Å². The minimum Gasteiger partial charge on any atom is -0.347 e. The predicted molar refractivity (Wildman–Crippen MR) is 107 cm³/mol. The van der Waals surface area contributed by atoms with Crippen molar-refractivity contribution in [3.8, 4) is 11.4 Å². The number of halogens is 1. The molecule has 2 aromatic heterocycles. The number of amides is 1. The highest BCUT2D eigenvalue weighted by Crippen LogP contribution is 2.33. The fourth-order valence-corrected chi connectivity index (χ4v) is 4.17. The Balaban J connectivity index is 1.15. The summed E-state index contributed by atoms with van der Waals surface area (Å²) in [5.41, 5.74) is 1.63. The van der Waals surface area contributed by atoms with Gasteiger partial charge in [-0.3, -0.25) is 4.79 Å². The second-order valence-electron chi connectivity index (χ2n) is 6.81. The summed E-state index contributed by atoms with van der Waals surface area (Å²) in [5, 5.41) is 7.59. The Labute approximate surface area is 169 Å². The van der Waals surface area contributed by atoms with Crippen LogP contribution in [0.15, 0.2) is 53.1 Å². The van der Waals surface area contributed by atoms with Crippen molar-refractivity contribution in [3.05, 3.63) is 60.2 Å². The van der Waals surface area contributed by atoms with E-state index in [-0.39, 0.29) is 24.2 Å². The number of hydrogen-bond acceptors (Lipinski definition) is 7. The van der Waals surface area contributed by atoms with Crippen LogP contribution in [0.1, 0.15) is 5.89 Å². The van der Waals surface area contributed by atoms with E-state index in [1.165, 1.54) is 23.5 Å². The Morgan fingerprint density at radius 3 is 2.86 bits per heavy atom. The van der Waals surface area contributed by atoms with Gasteiger partial charge in [-0.05, 0) is 18.2 Å². The lowest BCUT2D eigenvalue weighted by molar-refractivity contribution is -0.126. The van der Waals surface area contributed by atoms with E-state index < -0.39 is 0 Å². The standard InChI is InChI=1S/C20H16FN5O2S/c21-14-6-7-15-16(8-14)29-20(23-15)26-10-13(11-26)19(27)22-9-17-24-18(25-28-17)12-4-2-1-3-5-12/h1-8,13H,9-11H2,(H,22,27). The maximum Gasteiger partial charge on any atom is 0.246 e. The van der Waals surface area contributed by atoms with Crippen LogP contribution >= 0.6 is 11.3 Å². The van der Waals surface area contributed by atoms with Gasteiger partial charge in [0.1, 0.15) is 5.82 Å². The van der Waals surface area contributed by atoms with Crippen LogP contribution in [0, 0.1) is 11.7 Å². The third-order valence-corrected chi connectivity index (χ3v) is 5.85. The molecule has 0 bridgehead atoms. The second kappa shape index (κ2) is 7.25. The van der Waals surface area contributed by atoms with Crippen LogP contribution in [0.5, 0.6) is 0 Å². The molecule has 1 aliphatic rings. The van der Waals surface area contributed by atoms with Crippen molar-refractivity contribution >= 4 is 32.6 Å². The van der Waals surface area contributed by atoms with Crippen LogP contribution in [0.4, 0.5) is 9.52 Å². The molecule has 3 heterocycles. The SMILES string of the molecule is O=C(NCc1nc(-c2ccccc2)no1)C1CN(c2nc3ccc(F)cc3s2)C1. The smallest absolute Gasteiger partial charge is 0.246 e. The first kappa shape index (κ1) is 17.7. The minimum absolute atomic E-state index is 0.0622. The average Bonchev–Trinajstić information content (AvgIpc) is 3.32. The van der Waals surface area contributed by atoms with Gasteiger partial charge in [0.2, 0.25) is 17.6 Å². The molecule has 29 heavy (non-hydrogen) atoms. The first-order valence-corrected chi connectivity index (χ1v) is 9.94. The van der Waals surface area contributed by atoms with Crippen molar-refractivity contribution in [2.24, 2.45) is 5.92 Å². The molecule has 0 atom stereocenters. The molecule has 1 aliphatic heterocycles. The zero-order chi connectivity index (χ0) is 19.8. The van der Waals surface area contributed by atoms with Gasteiger partial charge >= 0.3 is 0 Å². The van der Waals surface area contributed by atoms with Gasteiger partial charge in [-0.2, -0.15) is 4.98 Å². The van der Waals surface area contributed by atoms with E-state index >= 15 is 0 Å². The summed E-state index contributed by atoms with van der Waals surface area (Å²) in [5.74, 6) is 0.395. The molecule has 2 aromatic carbocycles. The largest absolute Gasteiger partial charge is 0.347 e. The number of carbonyl (C=O) groups is 1. The third-order valence-electron chi connectivity index (χ3n) is 4.78. The monoisotopic (exact) mass is 409 g/mol. The molecule has 9 heteroatoms. The molecule has 0 aliphatic carbocycles. The van der Waals surface area contributed by atoms with E-state index in [0.29, 0.717) is 24.8 Å². The molecule has 146 valence electrons. The quantitative estimate of drug-likeness (QED) is 0.545. The van der Waals surface area contributed by atoms with E-state index in [4.69, 9.17) is 4.52 Å². The number of anilines is 1. The molecule has 1 amide bonds. The lowest BCUT2D eigenvalue weighted by atomic mass is 10.0. The number of nitrogens with zero attached hydrogens (tertiary/aromatic N) is 4. The van der Waals surface area contributed by atoms with Crippen molar-refractivity contribution in [2.45, 2.75) is 6.54 Å². The summed E-state index contributed by atoms with van der Waals surface area (Å²) in [6.07, 6.45) is 0. The molecule has 0 unspecified atom stereocenters. The second-order valence-corrected chi connectivity index (χ2v) is 7.82. The Morgan fingerprint density at radius 1 is 1.21 bits per heavy atom. The van der Waals surface area contributed by atoms with Crippen LogP contribution in [-0.2, 0) is 11.3 Å². The zero-order valence-electron chi connectivity index (χ0n) is 15.2. The molecular formula is C20H16FN5O2S. The van der Waals surface area contributed by atoms with Gasteiger partial charge in [0.05, 0.1) is 22.7 Å². The van der Waals surface area contributed by atoms with E-state index in [1.54, 1.807) is 6.07 Å². The van der Waals surface area contributed by atoms with Gasteiger partial charge in [0, 0.05) is 18.7 Å². The highest BCUT2D eigenvalue weighted by atomic mass is 32.1. The summed E-state index contributed by atoms with van der Waals surface area (Å²) >= 11 is 1.43. The molecule has 0 saturated carbocycles. The summed E-state index contributed by atoms with van der Waals surface area (Å²) < 4.78 is 19.3. The number of carbonyl (C=O) groups excluding carboxylic acids is 1. The number of benzene rings is 2. The van der Waals surface area contributed by atoms with Gasteiger partial charge in [-0.25, -0.2) is 9.37 Å². The maximum atomic E-state index is 13.3. The molecule has 0 spiro atoms. The van der Waals surface area contributed by atoms with E-state index in [9.17, 15) is 9.18 Å². The molecule has 1 fully saturated rings. The molecule has 1 N–H and O–H groups in total. The highest BCUT2D eigenvalue weighted by Gasteiger charge is 2.34. The van der Waals surface area contributed by atoms with Gasteiger partial charge < -0.3 is 14.7 Å². The van der Waals surface area contributed by atoms with Gasteiger partial charge in [0.15, 0.2) is 5.13 Å². The Morgan fingerprint density at radius 2 is 2.03 bits per heavy atom. The van der Waals surface area contributed by atoms with E-state index in [2.05, 4.69) is 20.4 Å². The van der Waals surface area contributed by atoms with Crippen LogP contribution in [0.2, 0.25) is 0 Å². The summed E-state index contributed by atoms with van der Waals surface area (Å²) in [4.78, 5) is 23.2. The van der Waals surface area contributed by atoms with Crippen molar-refractivity contribution in [1.29, 1.82) is 0 Å². The predicted octanol–water partition coefficient (Wildman–Crippen LogP) is 3.24. The minimum atomic E-state index is -0.273. The Bertz CT molecular complexity index is 1170. The first-order valence-electron chi connectivity index (χ1n) is 9.12. The van der Waals surface area contributed by atoms with Gasteiger partial charge in [-0.15, -0.1) is 0 Å². The van der Waals surface area contributed by atoms with Crippen molar-refractivity contribution in [3.63, 3.8) is 0 Å². The normalized spacial score (nSPS) is 14.2. The van der Waals surface area contributed by atoms with Gasteiger partial charge in [-0.1, -0.05) is 46.8 Å². The number of thiazole rings is 1. The number of nitrogens with one attached hydrogen (secondary N) is 1. The van der Waals surface area contributed by atoms with Crippen molar-refractivity contribution in [2.75, 3.05) is 18.0 Å². The Hall–Kier alpha value is -3.33. The number of aromatic nitrogens is 3. The highest BCUT2D eigenvalue weighted by molar-refractivity contribution is 7.22. The molecule has 7 nitrogen and oxygen atoms in total. The number of fused-ring (bicyclic) bond motifs is 1. The number of hydrogen-bond donors (Lipinski definition) is 1. The average molecular weight is 409 g/mol. The molecule has 5 rings (SSSR count). The van der Waals surface area contributed by atoms with Crippen molar-refractivity contribution in [1.82, 2.24) is 20.4 Å². The van der Waals surface area contributed by atoms with Crippen LogP contribution in [0.3, 0.4) is 0 Å². The van der Waals surface area contributed by atoms with Gasteiger partial charge in [0.25, 0.3) is 0 Å². The maximum absolute atomic E-state index is 13.3. The molecule has 1 saturated heterocycles. The van der Waals surface area contributed by atoms with Crippen molar-refractivity contribution < 1.29 is 13.7 Å². The van der Waals surface area contributed by atoms with Crippen LogP contribution in [-0.4, -0.2) is 34.1 Å². The fraction of sp³-hybridized carbons (Fsp3) is 0.200. The summed E-state index contributed by atoms with van der Waals surface area (Å²) in [6, 6.07) is 14.1. The fourth-order valence-electron chi connectivity index (χ4n) is 3.16. The Kier molecular flexibility index (Phi) is 4.44. The third kappa shape index (κ3) is 3.56. The summed E-state index contributed by atoms with van der Waals surface area (Å²) in [6.45, 7) is 1.34. The molecular weight excluding hydrogens is 393 g/mol. The first-order chi connectivity index (χ1) is 14.2. The van der Waals surface area contributed by atoms with E-state index in [0.717, 1.165) is 20.9 Å². The molecule has 0 radical (unpaired) electrons. The number of rotatable bonds is 5.